The number of amides is 1. The summed E-state index contributed by atoms with van der Waals surface area (Å²) in [4.78, 5) is 15.4. The number of rotatable bonds is 9. The fraction of sp³-hybridized carbons (Fsp3) is 0.696. The maximum atomic E-state index is 14.7. The van der Waals surface area contributed by atoms with Crippen LogP contribution in [0.1, 0.15) is 33.1 Å². The number of methoxy groups -OCH3 is 1. The van der Waals surface area contributed by atoms with Crippen LogP contribution < -0.4 is 10.6 Å². The summed E-state index contributed by atoms with van der Waals surface area (Å²) in [7, 11) is 1.63. The summed E-state index contributed by atoms with van der Waals surface area (Å²) < 4.78 is 25.8. The van der Waals surface area contributed by atoms with Crippen molar-refractivity contribution in [1.29, 1.82) is 0 Å². The lowest BCUT2D eigenvalue weighted by Gasteiger charge is -2.42. The Labute approximate surface area is 189 Å². The number of aliphatic hydroxyl groups excluding tert-OH is 1. The molecule has 1 saturated heterocycles. The van der Waals surface area contributed by atoms with E-state index in [1.165, 1.54) is 6.08 Å². The number of ether oxygens (including phenoxy) is 2. The van der Waals surface area contributed by atoms with E-state index in [-0.39, 0.29) is 29.7 Å². The van der Waals surface area contributed by atoms with E-state index in [1.807, 2.05) is 19.9 Å². The summed E-state index contributed by atoms with van der Waals surface area (Å²) in [5.41, 5.74) is 0.333. The van der Waals surface area contributed by atoms with Gasteiger partial charge in [-0.3, -0.25) is 4.79 Å². The van der Waals surface area contributed by atoms with Crippen LogP contribution in [0.2, 0.25) is 0 Å². The molecule has 2 heterocycles. The summed E-state index contributed by atoms with van der Waals surface area (Å²) in [6, 6.07) is -1.24. The third-order valence-corrected chi connectivity index (χ3v) is 6.30. The lowest BCUT2D eigenvalue weighted by molar-refractivity contribution is -0.133. The second kappa shape index (κ2) is 11.4. The molecule has 8 nitrogen and oxygen atoms in total. The molecule has 5 atom stereocenters. The van der Waals surface area contributed by atoms with E-state index in [0.717, 1.165) is 0 Å². The molecular weight excluding hydrogens is 417 g/mol. The first kappa shape index (κ1) is 24.9. The molecule has 0 aromatic rings. The summed E-state index contributed by atoms with van der Waals surface area (Å²) in [5, 5.41) is 25.1. The number of fused-ring (bicyclic) bond motifs is 1. The van der Waals surface area contributed by atoms with Crippen LogP contribution in [0.4, 0.5) is 4.39 Å². The van der Waals surface area contributed by atoms with Crippen LogP contribution in [-0.2, 0) is 14.3 Å². The number of carbonyl (C=O) groups excluding carboxylic acids is 1. The highest BCUT2D eigenvalue weighted by Gasteiger charge is 2.40. The molecule has 0 aromatic heterocycles. The molecule has 0 bridgehead atoms. The first-order valence-electron chi connectivity index (χ1n) is 11.4. The smallest absolute Gasteiger partial charge is 0.270 e. The van der Waals surface area contributed by atoms with Gasteiger partial charge in [0.15, 0.2) is 6.29 Å². The SMILES string of the molecule is COCCCOC1C=C(C(=O)N(C(C)C)C2CCC(C(O)O)NC2)NC2C(F)=CC=CC12. The Kier molecular flexibility index (Phi) is 8.84. The largest absolute Gasteiger partial charge is 0.385 e. The van der Waals surface area contributed by atoms with Crippen molar-refractivity contribution in [3.8, 4) is 0 Å². The third-order valence-electron chi connectivity index (χ3n) is 6.30. The van der Waals surface area contributed by atoms with Gasteiger partial charge in [-0.25, -0.2) is 4.39 Å². The third kappa shape index (κ3) is 5.77. The van der Waals surface area contributed by atoms with Crippen LogP contribution in [0.5, 0.6) is 0 Å². The molecule has 0 spiro atoms. The zero-order chi connectivity index (χ0) is 23.3. The van der Waals surface area contributed by atoms with E-state index in [1.54, 1.807) is 24.2 Å². The van der Waals surface area contributed by atoms with Crippen LogP contribution in [0.25, 0.3) is 0 Å². The lowest BCUT2D eigenvalue weighted by atomic mass is 9.85. The number of hydrogen-bond acceptors (Lipinski definition) is 7. The van der Waals surface area contributed by atoms with Crippen LogP contribution >= 0.6 is 0 Å². The normalized spacial score (nSPS) is 29.9. The number of aliphatic hydroxyl groups is 2. The molecule has 1 fully saturated rings. The van der Waals surface area contributed by atoms with Gasteiger partial charge in [-0.05, 0) is 45.3 Å². The second-order valence-electron chi connectivity index (χ2n) is 8.86. The van der Waals surface area contributed by atoms with Gasteiger partial charge in [0.25, 0.3) is 5.91 Å². The highest BCUT2D eigenvalue weighted by molar-refractivity contribution is 5.93. The molecule has 1 aliphatic carbocycles. The molecule has 3 aliphatic rings. The minimum absolute atomic E-state index is 0.0852. The van der Waals surface area contributed by atoms with Crippen LogP contribution in [0.15, 0.2) is 35.8 Å². The fourth-order valence-electron chi connectivity index (χ4n) is 4.66. The van der Waals surface area contributed by atoms with Gasteiger partial charge in [0, 0.05) is 44.9 Å². The van der Waals surface area contributed by atoms with Crippen molar-refractivity contribution in [2.45, 2.75) is 69.7 Å². The Hall–Kier alpha value is -1.78. The van der Waals surface area contributed by atoms with Crippen LogP contribution in [-0.4, -0.2) is 84.4 Å². The molecule has 1 amide bonds. The summed E-state index contributed by atoms with van der Waals surface area (Å²) >= 11 is 0. The molecular formula is C23H36FN3O5. The molecule has 5 unspecified atom stereocenters. The van der Waals surface area contributed by atoms with E-state index in [2.05, 4.69) is 10.6 Å². The minimum Gasteiger partial charge on any atom is -0.385 e. The van der Waals surface area contributed by atoms with Crippen molar-refractivity contribution in [1.82, 2.24) is 15.5 Å². The number of piperidine rings is 1. The Morgan fingerprint density at radius 1 is 1.31 bits per heavy atom. The average Bonchev–Trinajstić information content (AvgIpc) is 2.77. The molecule has 180 valence electrons. The van der Waals surface area contributed by atoms with Gasteiger partial charge >= 0.3 is 0 Å². The number of allylic oxidation sites excluding steroid dienone is 2. The monoisotopic (exact) mass is 453 g/mol. The van der Waals surface area contributed by atoms with Gasteiger partial charge in [-0.2, -0.15) is 0 Å². The maximum Gasteiger partial charge on any atom is 0.270 e. The Bertz CT molecular complexity index is 731. The molecule has 32 heavy (non-hydrogen) atoms. The molecule has 0 saturated carbocycles. The highest BCUT2D eigenvalue weighted by Crippen LogP contribution is 2.31. The minimum atomic E-state index is -1.43. The van der Waals surface area contributed by atoms with Gasteiger partial charge in [-0.15, -0.1) is 0 Å². The zero-order valence-corrected chi connectivity index (χ0v) is 19.0. The van der Waals surface area contributed by atoms with Crippen LogP contribution in [0, 0.1) is 5.92 Å². The molecule has 4 N–H and O–H groups in total. The van der Waals surface area contributed by atoms with Gasteiger partial charge in [0.05, 0.1) is 23.9 Å². The van der Waals surface area contributed by atoms with E-state index in [0.29, 0.717) is 44.7 Å². The quantitative estimate of drug-likeness (QED) is 0.305. The average molecular weight is 454 g/mol. The van der Waals surface area contributed by atoms with Crippen LogP contribution in [0.3, 0.4) is 0 Å². The fourth-order valence-corrected chi connectivity index (χ4v) is 4.66. The molecule has 0 aromatic carbocycles. The van der Waals surface area contributed by atoms with Crippen molar-refractivity contribution >= 4 is 5.91 Å². The Morgan fingerprint density at radius 2 is 2.09 bits per heavy atom. The van der Waals surface area contributed by atoms with Gasteiger partial charge in [0.1, 0.15) is 5.83 Å². The predicted molar refractivity (Wildman–Crippen MR) is 118 cm³/mol. The van der Waals surface area contributed by atoms with E-state index in [4.69, 9.17) is 9.47 Å². The van der Waals surface area contributed by atoms with Crippen molar-refractivity contribution in [3.63, 3.8) is 0 Å². The summed E-state index contributed by atoms with van der Waals surface area (Å²) in [6.45, 7) is 5.36. The lowest BCUT2D eigenvalue weighted by Crippen LogP contribution is -2.58. The topological polar surface area (TPSA) is 103 Å². The van der Waals surface area contributed by atoms with E-state index in [9.17, 15) is 19.4 Å². The molecule has 0 radical (unpaired) electrons. The van der Waals surface area contributed by atoms with Crippen molar-refractivity contribution < 1.29 is 28.9 Å². The van der Waals surface area contributed by atoms with Gasteiger partial charge in [0.2, 0.25) is 0 Å². The highest BCUT2D eigenvalue weighted by atomic mass is 19.1. The zero-order valence-electron chi connectivity index (χ0n) is 19.0. The Morgan fingerprint density at radius 3 is 2.72 bits per heavy atom. The number of hydrogen-bond donors (Lipinski definition) is 4. The maximum absolute atomic E-state index is 14.7. The second-order valence-corrected chi connectivity index (χ2v) is 8.86. The van der Waals surface area contributed by atoms with E-state index >= 15 is 0 Å². The first-order valence-corrected chi connectivity index (χ1v) is 11.4. The summed E-state index contributed by atoms with van der Waals surface area (Å²) in [6.07, 6.45) is 6.82. The van der Waals surface area contributed by atoms with Crippen molar-refractivity contribution in [3.05, 3.63) is 35.8 Å². The first-order chi connectivity index (χ1) is 15.3. The van der Waals surface area contributed by atoms with Crippen molar-refractivity contribution in [2.24, 2.45) is 5.92 Å². The number of carbonyl (C=O) groups is 1. The number of halogens is 1. The summed E-state index contributed by atoms with van der Waals surface area (Å²) in [5.74, 6) is -0.771. The number of nitrogens with one attached hydrogen (secondary N) is 2. The molecule has 9 heteroatoms. The Balaban J connectivity index is 1.77. The predicted octanol–water partition coefficient (Wildman–Crippen LogP) is 0.972. The standard InChI is InChI=1S/C23H36FN3O5/c1-14(2)27(15-8-9-18(23(29)30)25-13-15)22(28)19-12-20(32-11-5-10-31-3)16-6-4-7-17(24)21(16)26-19/h4,6-7,12,14-16,18,20-21,23,25-26,29-30H,5,8-11,13H2,1-3H3. The molecule has 2 aliphatic heterocycles. The number of nitrogens with zero attached hydrogens (tertiary/aromatic N) is 1. The van der Waals surface area contributed by atoms with Gasteiger partial charge in [-0.1, -0.05) is 12.2 Å². The molecule has 3 rings (SSSR count). The van der Waals surface area contributed by atoms with Crippen molar-refractivity contribution in [2.75, 3.05) is 26.9 Å². The van der Waals surface area contributed by atoms with E-state index < -0.39 is 24.5 Å². The van der Waals surface area contributed by atoms with Gasteiger partial charge < -0.3 is 35.2 Å².